The number of aromatic amines is 1. The zero-order valence-electron chi connectivity index (χ0n) is 15.6. The normalized spacial score (nSPS) is 22.7. The van der Waals surface area contributed by atoms with Gasteiger partial charge < -0.3 is 64.1 Å². The zero-order valence-corrected chi connectivity index (χ0v) is 18.3. The van der Waals surface area contributed by atoms with E-state index in [0.717, 1.165) is 0 Å². The van der Waals surface area contributed by atoms with Crippen molar-refractivity contribution >= 4 is 23.5 Å². The Morgan fingerprint density at radius 1 is 0.879 bits per heavy atom. The predicted molar refractivity (Wildman–Crippen MR) is 97.1 cm³/mol. The molecule has 0 spiro atoms. The molecule has 0 bridgehead atoms. The lowest BCUT2D eigenvalue weighted by molar-refractivity contribution is -0.0554. The van der Waals surface area contributed by atoms with Crippen LogP contribution in [0.1, 0.15) is 6.23 Å². The number of aliphatic hydroxyl groups is 3. The fourth-order valence-electron chi connectivity index (χ4n) is 1.76. The molecule has 1 saturated heterocycles. The maximum atomic E-state index is 13.1. The van der Waals surface area contributed by atoms with Crippen LogP contribution in [-0.2, 0) is 18.4 Å². The highest BCUT2D eigenvalue weighted by Gasteiger charge is 2.43. The highest BCUT2D eigenvalue weighted by molar-refractivity contribution is 7.45. The van der Waals surface area contributed by atoms with E-state index in [0.29, 0.717) is 10.8 Å². The number of H-pyrrole nitrogens is 1. The second-order valence-corrected chi connectivity index (χ2v) is 8.49. The van der Waals surface area contributed by atoms with Gasteiger partial charge in [-0.05, 0) is 0 Å². The van der Waals surface area contributed by atoms with Gasteiger partial charge in [0.05, 0.1) is 12.8 Å². The molecule has 2 heterocycles. The molecule has 0 aromatic carbocycles. The SMILES string of the molecule is O=P(O)(O)O.O=P(O)(O)O.O=P(O)(O)O.O=c1[nH]c(=O)n([C@@H]2O[C@H](CO)[C@@H](O)[C@H]2O)cc1F. The third-order valence-electron chi connectivity index (χ3n) is 2.72. The van der Waals surface area contributed by atoms with Gasteiger partial charge in [-0.3, -0.25) is 14.3 Å². The summed E-state index contributed by atoms with van der Waals surface area (Å²) in [5.74, 6) is -1.23. The van der Waals surface area contributed by atoms with Gasteiger partial charge in [0.2, 0.25) is 5.82 Å². The Kier molecular flexibility index (Phi) is 14.0. The Morgan fingerprint density at radius 2 is 1.24 bits per heavy atom. The van der Waals surface area contributed by atoms with Crippen molar-refractivity contribution in [2.24, 2.45) is 0 Å². The van der Waals surface area contributed by atoms with Gasteiger partial charge in [-0.15, -0.1) is 0 Å². The number of ether oxygens (including phenoxy) is 1. The van der Waals surface area contributed by atoms with Crippen LogP contribution in [0.2, 0.25) is 0 Å². The van der Waals surface area contributed by atoms with Crippen molar-refractivity contribution in [2.45, 2.75) is 24.5 Å². The first-order chi connectivity index (χ1) is 14.5. The van der Waals surface area contributed by atoms with Crippen LogP contribution in [0.3, 0.4) is 0 Å². The molecular weight excluding hydrogens is 536 g/mol. The van der Waals surface area contributed by atoms with Crippen LogP contribution >= 0.6 is 23.5 Å². The quantitative estimate of drug-likeness (QED) is 0.151. The van der Waals surface area contributed by atoms with E-state index in [2.05, 4.69) is 0 Å². The lowest BCUT2D eigenvalue weighted by Gasteiger charge is -2.16. The third-order valence-corrected chi connectivity index (χ3v) is 2.72. The molecule has 20 nitrogen and oxygen atoms in total. The standard InChI is InChI=1S/C9H11FN2O6.3H3O4P/c10-3-1-12(9(17)11-7(3)16)8-6(15)5(14)4(2-13)18-8;3*1-5(2,3)4/h1,4-6,8,13-15H,2H2,(H,11,16,17);3*(H3,1,2,3,4)/t4-,5-,6-,8-;;;/m1.../s1. The van der Waals surface area contributed by atoms with Gasteiger partial charge in [-0.25, -0.2) is 18.5 Å². The average molecular weight is 556 g/mol. The Morgan fingerprint density at radius 3 is 1.55 bits per heavy atom. The number of halogens is 1. The van der Waals surface area contributed by atoms with Crippen molar-refractivity contribution in [1.29, 1.82) is 0 Å². The highest BCUT2D eigenvalue weighted by Crippen LogP contribution is 2.28. The predicted octanol–water partition coefficient (Wildman–Crippen LogP) is -5.50. The lowest BCUT2D eigenvalue weighted by atomic mass is 10.1. The Hall–Kier alpha value is -1.22. The van der Waals surface area contributed by atoms with Gasteiger partial charge >= 0.3 is 29.2 Å². The largest absolute Gasteiger partial charge is 0.466 e. The summed E-state index contributed by atoms with van der Waals surface area (Å²) in [6, 6.07) is 0. The number of nitrogens with zero attached hydrogens (tertiary/aromatic N) is 1. The molecule has 1 aliphatic rings. The summed E-state index contributed by atoms with van der Waals surface area (Å²) in [5, 5.41) is 28.0. The van der Waals surface area contributed by atoms with E-state index in [1.165, 1.54) is 0 Å². The Labute approximate surface area is 180 Å². The number of hydrogen-bond acceptors (Lipinski definition) is 9. The summed E-state index contributed by atoms with van der Waals surface area (Å²) in [7, 11) is -13.9. The topological polar surface area (TPSA) is 358 Å². The molecule has 1 aliphatic heterocycles. The maximum absolute atomic E-state index is 13.1. The summed E-state index contributed by atoms with van der Waals surface area (Å²) in [6.07, 6.45) is -4.84. The zero-order chi connectivity index (χ0) is 26.9. The van der Waals surface area contributed by atoms with Crippen LogP contribution in [0.15, 0.2) is 15.8 Å². The van der Waals surface area contributed by atoms with Crippen molar-refractivity contribution in [3.8, 4) is 0 Å². The smallest absolute Gasteiger partial charge is 0.394 e. The fourth-order valence-corrected chi connectivity index (χ4v) is 1.76. The first-order valence-electron chi connectivity index (χ1n) is 7.44. The summed E-state index contributed by atoms with van der Waals surface area (Å²) in [6.45, 7) is -0.574. The minimum atomic E-state index is -4.64. The molecule has 1 fully saturated rings. The molecule has 196 valence electrons. The van der Waals surface area contributed by atoms with Gasteiger partial charge in [-0.2, -0.15) is 4.39 Å². The first kappa shape index (κ1) is 34.0. The highest BCUT2D eigenvalue weighted by atomic mass is 31.2. The van der Waals surface area contributed by atoms with Crippen LogP contribution in [0, 0.1) is 5.82 Å². The molecule has 24 heteroatoms. The van der Waals surface area contributed by atoms with Crippen molar-refractivity contribution in [3.63, 3.8) is 0 Å². The fraction of sp³-hybridized carbons (Fsp3) is 0.556. The van der Waals surface area contributed by atoms with E-state index in [9.17, 15) is 24.2 Å². The van der Waals surface area contributed by atoms with Crippen LogP contribution in [0.25, 0.3) is 0 Å². The monoisotopic (exact) mass is 556 g/mol. The van der Waals surface area contributed by atoms with Crippen molar-refractivity contribution in [2.75, 3.05) is 6.61 Å². The van der Waals surface area contributed by atoms with Crippen LogP contribution < -0.4 is 11.2 Å². The van der Waals surface area contributed by atoms with E-state index in [-0.39, 0.29) is 0 Å². The van der Waals surface area contributed by atoms with E-state index in [1.807, 2.05) is 0 Å². The molecule has 2 rings (SSSR count). The van der Waals surface area contributed by atoms with Crippen molar-refractivity contribution in [3.05, 3.63) is 32.9 Å². The van der Waals surface area contributed by atoms with E-state index in [4.69, 9.17) is 67.6 Å². The molecule has 0 aliphatic carbocycles. The van der Waals surface area contributed by atoms with Gasteiger partial charge in [-0.1, -0.05) is 0 Å². The summed E-state index contributed by atoms with van der Waals surface area (Å²) >= 11 is 0. The molecule has 4 atom stereocenters. The van der Waals surface area contributed by atoms with Gasteiger partial charge in [0, 0.05) is 0 Å². The molecule has 0 unspecified atom stereocenters. The molecule has 1 aromatic heterocycles. The lowest BCUT2D eigenvalue weighted by Crippen LogP contribution is -2.38. The molecule has 0 amide bonds. The van der Waals surface area contributed by atoms with Gasteiger partial charge in [0.15, 0.2) is 6.23 Å². The maximum Gasteiger partial charge on any atom is 0.466 e. The van der Waals surface area contributed by atoms with Crippen LogP contribution in [0.5, 0.6) is 0 Å². The summed E-state index contributed by atoms with van der Waals surface area (Å²) < 4.78 is 45.3. The molecule has 0 saturated carbocycles. The number of nitrogens with one attached hydrogen (secondary N) is 1. The number of phosphoric acid groups is 3. The molecule has 0 radical (unpaired) electrons. The molecule has 13 N–H and O–H groups in total. The summed E-state index contributed by atoms with van der Waals surface area (Å²) in [5.41, 5.74) is -2.18. The van der Waals surface area contributed by atoms with Crippen LogP contribution in [-0.4, -0.2) is 93.8 Å². The average Bonchev–Trinajstić information content (AvgIpc) is 2.81. The Bertz CT molecular complexity index is 920. The van der Waals surface area contributed by atoms with Crippen molar-refractivity contribution < 1.29 is 82.2 Å². The van der Waals surface area contributed by atoms with Gasteiger partial charge in [0.1, 0.15) is 18.3 Å². The Balaban J connectivity index is 0. The molecule has 1 aromatic rings. The number of hydrogen-bond donors (Lipinski definition) is 13. The molecule has 33 heavy (non-hydrogen) atoms. The second kappa shape index (κ2) is 13.6. The third kappa shape index (κ3) is 18.8. The molecular formula is C9H20FN2O18P3. The minimum absolute atomic E-state index is 0.571. The van der Waals surface area contributed by atoms with E-state index < -0.39 is 71.7 Å². The first-order valence-corrected chi connectivity index (χ1v) is 12.1. The second-order valence-electron chi connectivity index (χ2n) is 5.41. The van der Waals surface area contributed by atoms with Crippen LogP contribution in [0.4, 0.5) is 4.39 Å². The van der Waals surface area contributed by atoms with Crippen molar-refractivity contribution in [1.82, 2.24) is 9.55 Å². The van der Waals surface area contributed by atoms with E-state index >= 15 is 0 Å². The number of aromatic nitrogens is 2. The number of rotatable bonds is 2. The van der Waals surface area contributed by atoms with E-state index in [1.54, 1.807) is 4.98 Å². The van der Waals surface area contributed by atoms with Gasteiger partial charge in [0.25, 0.3) is 5.56 Å². The summed E-state index contributed by atoms with van der Waals surface area (Å²) in [4.78, 5) is 88.6. The number of aliphatic hydroxyl groups excluding tert-OH is 3. The minimum Gasteiger partial charge on any atom is -0.394 e.